The fraction of sp³-hybridized carbons (Fsp3) is 0.346. The van der Waals surface area contributed by atoms with Crippen LogP contribution in [0.3, 0.4) is 0 Å². The van der Waals surface area contributed by atoms with Crippen LogP contribution in [-0.2, 0) is 24.1 Å². The van der Waals surface area contributed by atoms with Crippen LogP contribution in [0.5, 0.6) is 5.75 Å². The summed E-state index contributed by atoms with van der Waals surface area (Å²) < 4.78 is 25.2. The van der Waals surface area contributed by atoms with E-state index >= 15 is 0 Å². The molecule has 1 amide bonds. The van der Waals surface area contributed by atoms with E-state index in [1.807, 2.05) is 24.4 Å². The molecule has 1 aliphatic rings. The van der Waals surface area contributed by atoms with Crippen molar-refractivity contribution in [3.63, 3.8) is 0 Å². The second kappa shape index (κ2) is 11.7. The molecular formula is C26H30FN5O3. The van der Waals surface area contributed by atoms with Gasteiger partial charge in [-0.2, -0.15) is 0 Å². The Hall–Kier alpha value is -3.56. The molecule has 8 nitrogen and oxygen atoms in total. The van der Waals surface area contributed by atoms with Crippen molar-refractivity contribution in [3.05, 3.63) is 76.9 Å². The van der Waals surface area contributed by atoms with E-state index in [1.54, 1.807) is 12.3 Å². The van der Waals surface area contributed by atoms with Gasteiger partial charge in [0.25, 0.3) is 5.91 Å². The van der Waals surface area contributed by atoms with E-state index in [9.17, 15) is 9.18 Å². The van der Waals surface area contributed by atoms with Gasteiger partial charge in [0.05, 0.1) is 20.3 Å². The molecule has 0 spiro atoms. The highest BCUT2D eigenvalue weighted by molar-refractivity contribution is 5.94. The highest BCUT2D eigenvalue weighted by Gasteiger charge is 2.15. The molecule has 0 radical (unpaired) electrons. The second-order valence-electron chi connectivity index (χ2n) is 8.35. The van der Waals surface area contributed by atoms with E-state index in [1.165, 1.54) is 20.2 Å². The van der Waals surface area contributed by atoms with Crippen LogP contribution in [0.25, 0.3) is 0 Å². The molecule has 0 bridgehead atoms. The summed E-state index contributed by atoms with van der Waals surface area (Å²) in [6.07, 6.45) is 4.61. The van der Waals surface area contributed by atoms with Crippen molar-refractivity contribution in [1.29, 1.82) is 0 Å². The number of hydrogen-bond acceptors (Lipinski definition) is 7. The van der Waals surface area contributed by atoms with Crippen molar-refractivity contribution in [3.8, 4) is 5.75 Å². The lowest BCUT2D eigenvalue weighted by molar-refractivity contribution is 0.0341. The number of aryl methyl sites for hydroxylation is 2. The number of pyridine rings is 2. The van der Waals surface area contributed by atoms with Gasteiger partial charge in [-0.25, -0.2) is 14.4 Å². The fourth-order valence-corrected chi connectivity index (χ4v) is 3.93. The van der Waals surface area contributed by atoms with Crippen molar-refractivity contribution >= 4 is 17.5 Å². The summed E-state index contributed by atoms with van der Waals surface area (Å²) in [7, 11) is 2.92. The molecule has 4 rings (SSSR count). The van der Waals surface area contributed by atoms with Crippen LogP contribution in [0.15, 0.2) is 48.8 Å². The average molecular weight is 480 g/mol. The Kier molecular flexibility index (Phi) is 8.23. The number of carbonyl (C=O) groups excluding carboxylic acids is 1. The van der Waals surface area contributed by atoms with E-state index in [0.29, 0.717) is 29.8 Å². The van der Waals surface area contributed by atoms with Gasteiger partial charge in [0.2, 0.25) is 0 Å². The predicted octanol–water partition coefficient (Wildman–Crippen LogP) is 3.34. The molecular weight excluding hydrogens is 449 g/mol. The molecule has 1 aromatic carbocycles. The third kappa shape index (κ3) is 6.52. The molecule has 2 N–H and O–H groups in total. The van der Waals surface area contributed by atoms with Gasteiger partial charge in [0.15, 0.2) is 11.6 Å². The molecule has 0 saturated carbocycles. The molecule has 2 aromatic heterocycles. The van der Waals surface area contributed by atoms with E-state index in [2.05, 4.69) is 31.6 Å². The molecule has 1 saturated heterocycles. The first-order valence-corrected chi connectivity index (χ1v) is 11.6. The van der Waals surface area contributed by atoms with Crippen molar-refractivity contribution in [2.24, 2.45) is 0 Å². The summed E-state index contributed by atoms with van der Waals surface area (Å²) in [5.41, 5.74) is 2.89. The van der Waals surface area contributed by atoms with Gasteiger partial charge in [-0.15, -0.1) is 0 Å². The van der Waals surface area contributed by atoms with E-state index < -0.39 is 5.82 Å². The Morgan fingerprint density at radius 1 is 1.06 bits per heavy atom. The largest absolute Gasteiger partial charge is 0.494 e. The average Bonchev–Trinajstić information content (AvgIpc) is 2.90. The number of amides is 1. The summed E-state index contributed by atoms with van der Waals surface area (Å²) in [5.74, 6) is 0.717. The molecule has 184 valence electrons. The summed E-state index contributed by atoms with van der Waals surface area (Å²) >= 11 is 0. The van der Waals surface area contributed by atoms with Gasteiger partial charge in [0.1, 0.15) is 11.6 Å². The van der Waals surface area contributed by atoms with Gasteiger partial charge in [-0.1, -0.05) is 12.1 Å². The number of nitrogens with zero attached hydrogens (tertiary/aromatic N) is 3. The lowest BCUT2D eigenvalue weighted by Crippen LogP contribution is -2.35. The number of carbonyl (C=O) groups is 1. The molecule has 1 aliphatic heterocycles. The lowest BCUT2D eigenvalue weighted by atomic mass is 10.0. The fourth-order valence-electron chi connectivity index (χ4n) is 3.93. The predicted molar refractivity (Wildman–Crippen MR) is 132 cm³/mol. The van der Waals surface area contributed by atoms with Gasteiger partial charge in [-0.3, -0.25) is 9.69 Å². The number of halogens is 1. The molecule has 0 aliphatic carbocycles. The highest BCUT2D eigenvalue weighted by Crippen LogP contribution is 2.24. The number of aromatic nitrogens is 2. The normalized spacial score (nSPS) is 13.9. The number of benzene rings is 1. The van der Waals surface area contributed by atoms with Crippen LogP contribution in [0.4, 0.5) is 16.0 Å². The molecule has 0 atom stereocenters. The highest BCUT2D eigenvalue weighted by atomic mass is 19.1. The van der Waals surface area contributed by atoms with E-state index in [4.69, 9.17) is 9.47 Å². The second-order valence-corrected chi connectivity index (χ2v) is 8.35. The van der Waals surface area contributed by atoms with E-state index in [0.717, 1.165) is 49.8 Å². The number of rotatable bonds is 9. The molecule has 9 heteroatoms. The van der Waals surface area contributed by atoms with Crippen LogP contribution in [0, 0.1) is 5.82 Å². The Balaban J connectivity index is 1.34. The Bertz CT molecular complexity index is 1130. The quantitative estimate of drug-likeness (QED) is 0.487. The van der Waals surface area contributed by atoms with Crippen molar-refractivity contribution in [2.75, 3.05) is 45.8 Å². The maximum Gasteiger partial charge on any atom is 0.251 e. The summed E-state index contributed by atoms with van der Waals surface area (Å²) in [5, 5.41) is 5.76. The van der Waals surface area contributed by atoms with E-state index in [-0.39, 0.29) is 11.7 Å². The monoisotopic (exact) mass is 479 g/mol. The number of ether oxygens (including phenoxy) is 2. The maximum absolute atomic E-state index is 14.7. The van der Waals surface area contributed by atoms with Crippen molar-refractivity contribution in [1.82, 2.24) is 20.2 Å². The number of hydrogen-bond donors (Lipinski definition) is 2. The van der Waals surface area contributed by atoms with Crippen LogP contribution in [0.1, 0.15) is 27.0 Å². The smallest absolute Gasteiger partial charge is 0.251 e. The maximum atomic E-state index is 14.7. The van der Waals surface area contributed by atoms with Crippen LogP contribution >= 0.6 is 0 Å². The standard InChI is InChI=1S/C26H30FN5O3/c1-28-26(33)21-13-20(25(27)22(14-21)34-2)6-3-18-4-7-23(29-15-18)31-24-8-5-19(16-30-24)17-32-9-11-35-12-10-32/h4-5,7-8,13-16H,3,6,9-12,17H2,1-2H3,(H,28,33)(H,29,30,31). The SMILES string of the molecule is CNC(=O)c1cc(CCc2ccc(Nc3ccc(CN4CCOCC4)cn3)nc2)c(F)c(OC)c1. The first-order valence-electron chi connectivity index (χ1n) is 11.6. The molecule has 35 heavy (non-hydrogen) atoms. The number of morpholine rings is 1. The Morgan fingerprint density at radius 3 is 2.34 bits per heavy atom. The first-order chi connectivity index (χ1) is 17.1. The zero-order valence-electron chi connectivity index (χ0n) is 20.0. The summed E-state index contributed by atoms with van der Waals surface area (Å²) in [6, 6.07) is 10.8. The van der Waals surface area contributed by atoms with Crippen LogP contribution < -0.4 is 15.4 Å². The third-order valence-electron chi connectivity index (χ3n) is 5.92. The lowest BCUT2D eigenvalue weighted by Gasteiger charge is -2.26. The molecule has 1 fully saturated rings. The van der Waals surface area contributed by atoms with Gasteiger partial charge < -0.3 is 20.1 Å². The Labute approximate surface area is 204 Å². The van der Waals surface area contributed by atoms with Crippen molar-refractivity contribution < 1.29 is 18.7 Å². The number of nitrogens with one attached hydrogen (secondary N) is 2. The Morgan fingerprint density at radius 2 is 1.74 bits per heavy atom. The molecule has 3 heterocycles. The minimum absolute atomic E-state index is 0.0576. The third-order valence-corrected chi connectivity index (χ3v) is 5.92. The van der Waals surface area contributed by atoms with Gasteiger partial charge in [-0.05, 0) is 53.8 Å². The number of anilines is 2. The molecule has 0 unspecified atom stereocenters. The first kappa shape index (κ1) is 24.6. The van der Waals surface area contributed by atoms with Gasteiger partial charge >= 0.3 is 0 Å². The summed E-state index contributed by atoms with van der Waals surface area (Å²) in [4.78, 5) is 23.3. The van der Waals surface area contributed by atoms with Crippen LogP contribution in [-0.4, -0.2) is 61.2 Å². The van der Waals surface area contributed by atoms with Gasteiger partial charge in [0, 0.05) is 44.6 Å². The topological polar surface area (TPSA) is 88.6 Å². The van der Waals surface area contributed by atoms with Crippen LogP contribution in [0.2, 0.25) is 0 Å². The number of methoxy groups -OCH3 is 1. The molecule has 3 aromatic rings. The minimum atomic E-state index is -0.449. The zero-order chi connectivity index (χ0) is 24.6. The van der Waals surface area contributed by atoms with Crippen molar-refractivity contribution in [2.45, 2.75) is 19.4 Å². The summed E-state index contributed by atoms with van der Waals surface area (Å²) in [6.45, 7) is 4.30. The zero-order valence-corrected chi connectivity index (χ0v) is 20.0. The minimum Gasteiger partial charge on any atom is -0.494 e.